The van der Waals surface area contributed by atoms with Crippen LogP contribution in [0.5, 0.6) is 0 Å². The number of rotatable bonds is 4. The van der Waals surface area contributed by atoms with E-state index in [9.17, 15) is 9.59 Å². The molecule has 5 N–H and O–H groups in total. The number of hydrogen-bond acceptors (Lipinski definition) is 6. The predicted molar refractivity (Wildman–Crippen MR) is 75.7 cm³/mol. The highest BCUT2D eigenvalue weighted by Crippen LogP contribution is 2.27. The Kier molecular flexibility index (Phi) is 3.54. The van der Waals surface area contributed by atoms with Crippen LogP contribution in [0.3, 0.4) is 0 Å². The fourth-order valence-corrected chi connectivity index (χ4v) is 2.86. The minimum atomic E-state index is -0.543. The Morgan fingerprint density at radius 1 is 1.53 bits per heavy atom. The maximum atomic E-state index is 12.3. The third kappa shape index (κ3) is 2.20. The molecule has 0 bridgehead atoms. The van der Waals surface area contributed by atoms with Crippen LogP contribution in [0.15, 0.2) is 4.79 Å². The molecular weight excluding hydrogens is 266 g/mol. The second-order valence-corrected chi connectivity index (χ2v) is 5.11. The molecule has 0 unspecified atom stereocenters. The van der Waals surface area contributed by atoms with E-state index in [-0.39, 0.29) is 5.56 Å². The number of primary amides is 1. The van der Waals surface area contributed by atoms with Gasteiger partial charge in [0, 0.05) is 20.1 Å². The van der Waals surface area contributed by atoms with Gasteiger partial charge in [-0.3, -0.25) is 14.2 Å². The van der Waals surface area contributed by atoms with E-state index in [0.29, 0.717) is 39.7 Å². The number of nitrogens with one attached hydrogen (secondary N) is 1. The molecule has 0 aliphatic carbocycles. The number of nitrogens with zero attached hydrogens (tertiary/aromatic N) is 2. The molecule has 0 atom stereocenters. The summed E-state index contributed by atoms with van der Waals surface area (Å²) in [6.07, 6.45) is 0. The second-order valence-electron chi connectivity index (χ2n) is 4.12. The Balaban J connectivity index is 2.70. The van der Waals surface area contributed by atoms with E-state index in [1.54, 1.807) is 14.0 Å². The number of aromatic nitrogens is 2. The average Bonchev–Trinajstić information content (AvgIpc) is 2.69. The number of fused-ring (bicyclic) bond motifs is 1. The minimum absolute atomic E-state index is 0.203. The van der Waals surface area contributed by atoms with Gasteiger partial charge in [-0.25, -0.2) is 4.98 Å². The monoisotopic (exact) mass is 281 g/mol. The van der Waals surface area contributed by atoms with E-state index < -0.39 is 5.91 Å². The van der Waals surface area contributed by atoms with Gasteiger partial charge in [-0.2, -0.15) is 0 Å². The lowest BCUT2D eigenvalue weighted by Gasteiger charge is -2.08. The zero-order chi connectivity index (χ0) is 14.2. The molecule has 102 valence electrons. The first-order valence-corrected chi connectivity index (χ1v) is 6.53. The summed E-state index contributed by atoms with van der Waals surface area (Å²) in [6.45, 7) is 2.65. The SMILES string of the molecule is Cc1c(C(N)=O)sc2nc(NCCN)n(C)c(=O)c12. The van der Waals surface area contributed by atoms with Crippen molar-refractivity contribution in [3.8, 4) is 0 Å². The zero-order valence-electron chi connectivity index (χ0n) is 10.7. The van der Waals surface area contributed by atoms with Crippen molar-refractivity contribution in [2.45, 2.75) is 6.92 Å². The molecule has 0 aliphatic rings. The van der Waals surface area contributed by atoms with Gasteiger partial charge in [-0.15, -0.1) is 11.3 Å². The van der Waals surface area contributed by atoms with E-state index in [1.165, 1.54) is 4.57 Å². The number of carbonyl (C=O) groups is 1. The quantitative estimate of drug-likeness (QED) is 0.716. The zero-order valence-corrected chi connectivity index (χ0v) is 11.5. The predicted octanol–water partition coefficient (Wildman–Crippen LogP) is -0.227. The van der Waals surface area contributed by atoms with Gasteiger partial charge in [0.2, 0.25) is 5.95 Å². The first-order chi connectivity index (χ1) is 8.97. The van der Waals surface area contributed by atoms with Crippen molar-refractivity contribution in [2.75, 3.05) is 18.4 Å². The third-order valence-corrected chi connectivity index (χ3v) is 4.02. The van der Waals surface area contributed by atoms with Crippen LogP contribution >= 0.6 is 11.3 Å². The summed E-state index contributed by atoms with van der Waals surface area (Å²) in [6, 6.07) is 0. The number of anilines is 1. The molecule has 2 aromatic heterocycles. The molecule has 0 saturated carbocycles. The second kappa shape index (κ2) is 4.98. The summed E-state index contributed by atoms with van der Waals surface area (Å²) in [7, 11) is 1.62. The largest absolute Gasteiger partial charge is 0.365 e. The highest BCUT2D eigenvalue weighted by molar-refractivity contribution is 7.20. The van der Waals surface area contributed by atoms with Gasteiger partial charge in [-0.1, -0.05) is 0 Å². The summed E-state index contributed by atoms with van der Waals surface area (Å²) in [5.74, 6) is -0.112. The van der Waals surface area contributed by atoms with Gasteiger partial charge in [0.25, 0.3) is 11.5 Å². The lowest BCUT2D eigenvalue weighted by molar-refractivity contribution is 0.100. The maximum absolute atomic E-state index is 12.3. The third-order valence-electron chi connectivity index (χ3n) is 2.82. The van der Waals surface area contributed by atoms with E-state index >= 15 is 0 Å². The summed E-state index contributed by atoms with van der Waals surface area (Å²) in [5, 5.41) is 3.41. The molecule has 0 aliphatic heterocycles. The van der Waals surface area contributed by atoms with Gasteiger partial charge in [0.05, 0.1) is 10.3 Å². The van der Waals surface area contributed by atoms with Crippen molar-refractivity contribution < 1.29 is 4.79 Å². The number of thiophene rings is 1. The van der Waals surface area contributed by atoms with Crippen LogP contribution < -0.4 is 22.3 Å². The number of nitrogens with two attached hydrogens (primary N) is 2. The van der Waals surface area contributed by atoms with Gasteiger partial charge >= 0.3 is 0 Å². The summed E-state index contributed by atoms with van der Waals surface area (Å²) in [4.78, 5) is 28.8. The summed E-state index contributed by atoms with van der Waals surface area (Å²) >= 11 is 1.13. The van der Waals surface area contributed by atoms with Crippen molar-refractivity contribution in [3.05, 3.63) is 20.8 Å². The van der Waals surface area contributed by atoms with Crippen molar-refractivity contribution in [1.82, 2.24) is 9.55 Å². The lowest BCUT2D eigenvalue weighted by atomic mass is 10.2. The van der Waals surface area contributed by atoms with Gasteiger partial charge in [0.1, 0.15) is 4.83 Å². The Hall–Kier alpha value is -1.93. The van der Waals surface area contributed by atoms with Crippen LogP contribution in [-0.4, -0.2) is 28.5 Å². The molecule has 0 spiro atoms. The molecule has 2 aromatic rings. The molecule has 1 amide bonds. The fraction of sp³-hybridized carbons (Fsp3) is 0.364. The molecule has 7 nitrogen and oxygen atoms in total. The smallest absolute Gasteiger partial charge is 0.263 e. The maximum Gasteiger partial charge on any atom is 0.263 e. The highest BCUT2D eigenvalue weighted by atomic mass is 32.1. The molecule has 2 rings (SSSR count). The van der Waals surface area contributed by atoms with Crippen LogP contribution in [0.2, 0.25) is 0 Å². The number of hydrogen-bond donors (Lipinski definition) is 3. The molecule has 19 heavy (non-hydrogen) atoms. The first kappa shape index (κ1) is 13.5. The van der Waals surface area contributed by atoms with Crippen molar-refractivity contribution in [2.24, 2.45) is 18.5 Å². The fourth-order valence-electron chi connectivity index (χ4n) is 1.84. The molecule has 8 heteroatoms. The topological polar surface area (TPSA) is 116 Å². The summed E-state index contributed by atoms with van der Waals surface area (Å²) < 4.78 is 1.41. The van der Waals surface area contributed by atoms with Crippen LogP contribution in [0.25, 0.3) is 10.2 Å². The normalized spacial score (nSPS) is 10.9. The van der Waals surface area contributed by atoms with Crippen LogP contribution in [0.1, 0.15) is 15.2 Å². The van der Waals surface area contributed by atoms with E-state index in [4.69, 9.17) is 11.5 Å². The Morgan fingerprint density at radius 3 is 2.79 bits per heavy atom. The highest BCUT2D eigenvalue weighted by Gasteiger charge is 2.18. The Labute approximate surface area is 113 Å². The van der Waals surface area contributed by atoms with E-state index in [0.717, 1.165) is 11.3 Å². The van der Waals surface area contributed by atoms with Crippen LogP contribution in [0, 0.1) is 6.92 Å². The Morgan fingerprint density at radius 2 is 2.21 bits per heavy atom. The molecule has 0 saturated heterocycles. The van der Waals surface area contributed by atoms with E-state index in [2.05, 4.69) is 10.3 Å². The minimum Gasteiger partial charge on any atom is -0.365 e. The first-order valence-electron chi connectivity index (χ1n) is 5.71. The van der Waals surface area contributed by atoms with E-state index in [1.807, 2.05) is 0 Å². The standard InChI is InChI=1S/C11H15N5O2S/c1-5-6-9(19-7(5)8(13)17)15-11(14-4-3-12)16(2)10(6)18/h3-4,12H2,1-2H3,(H2,13,17)(H,14,15). The number of carbonyl (C=O) groups excluding carboxylic acids is 1. The van der Waals surface area contributed by atoms with Gasteiger partial charge < -0.3 is 16.8 Å². The van der Waals surface area contributed by atoms with Gasteiger partial charge in [0.15, 0.2) is 0 Å². The van der Waals surface area contributed by atoms with Crippen molar-refractivity contribution >= 4 is 33.4 Å². The van der Waals surface area contributed by atoms with Gasteiger partial charge in [-0.05, 0) is 12.5 Å². The Bertz CT molecular complexity index is 703. The molecule has 2 heterocycles. The summed E-state index contributed by atoms with van der Waals surface area (Å²) in [5.41, 5.74) is 11.1. The molecule has 0 fully saturated rings. The molecular formula is C11H15N5O2S. The van der Waals surface area contributed by atoms with Crippen LogP contribution in [0.4, 0.5) is 5.95 Å². The molecule has 0 radical (unpaired) electrons. The number of amides is 1. The lowest BCUT2D eigenvalue weighted by Crippen LogP contribution is -2.24. The van der Waals surface area contributed by atoms with Crippen molar-refractivity contribution in [1.29, 1.82) is 0 Å². The van der Waals surface area contributed by atoms with Crippen LogP contribution in [-0.2, 0) is 7.05 Å². The number of aryl methyl sites for hydroxylation is 1. The average molecular weight is 281 g/mol. The molecule has 0 aromatic carbocycles. The van der Waals surface area contributed by atoms with Crippen molar-refractivity contribution in [3.63, 3.8) is 0 Å².